The molecule has 0 spiro atoms. The van der Waals surface area contributed by atoms with E-state index in [1.165, 1.54) is 18.2 Å². The molecule has 1 N–H and O–H groups in total. The Bertz CT molecular complexity index is 723. The SMILES string of the molecule is Cc1ccc(C(=S)Nc2cccc(C(F)(F)F)c2)c(F)c1C. The predicted octanol–water partition coefficient (Wildman–Crippen LogP) is 5.25. The van der Waals surface area contributed by atoms with Gasteiger partial charge in [0.25, 0.3) is 0 Å². The zero-order valence-corrected chi connectivity index (χ0v) is 12.7. The quantitative estimate of drug-likeness (QED) is 0.597. The second-order valence-electron chi connectivity index (χ2n) is 4.90. The van der Waals surface area contributed by atoms with Gasteiger partial charge < -0.3 is 5.32 Å². The van der Waals surface area contributed by atoms with Crippen molar-refractivity contribution in [2.75, 3.05) is 5.32 Å². The van der Waals surface area contributed by atoms with Crippen LogP contribution in [0, 0.1) is 19.7 Å². The molecule has 2 rings (SSSR count). The molecule has 0 unspecified atom stereocenters. The largest absolute Gasteiger partial charge is 0.416 e. The average molecular weight is 327 g/mol. The number of hydrogen-bond donors (Lipinski definition) is 1. The summed E-state index contributed by atoms with van der Waals surface area (Å²) < 4.78 is 52.2. The molecule has 0 aromatic heterocycles. The maximum Gasteiger partial charge on any atom is 0.416 e. The molecule has 0 radical (unpaired) electrons. The highest BCUT2D eigenvalue weighted by atomic mass is 32.1. The van der Waals surface area contributed by atoms with Crippen molar-refractivity contribution in [3.63, 3.8) is 0 Å². The van der Waals surface area contributed by atoms with Crippen LogP contribution in [-0.2, 0) is 6.18 Å². The number of hydrogen-bond acceptors (Lipinski definition) is 1. The highest BCUT2D eigenvalue weighted by Crippen LogP contribution is 2.31. The number of benzene rings is 2. The Morgan fingerprint density at radius 3 is 2.41 bits per heavy atom. The lowest BCUT2D eigenvalue weighted by Crippen LogP contribution is -2.14. The summed E-state index contributed by atoms with van der Waals surface area (Å²) in [6.45, 7) is 3.40. The molecule has 22 heavy (non-hydrogen) atoms. The summed E-state index contributed by atoms with van der Waals surface area (Å²) in [5, 5.41) is 2.65. The third-order valence-corrected chi connectivity index (χ3v) is 3.67. The number of aryl methyl sites for hydroxylation is 1. The number of nitrogens with one attached hydrogen (secondary N) is 1. The maximum absolute atomic E-state index is 14.2. The van der Waals surface area contributed by atoms with E-state index in [0.717, 1.165) is 17.7 Å². The Morgan fingerprint density at radius 1 is 1.09 bits per heavy atom. The van der Waals surface area contributed by atoms with Crippen LogP contribution in [0.4, 0.5) is 23.2 Å². The van der Waals surface area contributed by atoms with E-state index >= 15 is 0 Å². The summed E-state index contributed by atoms with van der Waals surface area (Å²) in [4.78, 5) is 0.0416. The van der Waals surface area contributed by atoms with Crippen LogP contribution in [0.5, 0.6) is 0 Å². The number of alkyl halides is 3. The van der Waals surface area contributed by atoms with Gasteiger partial charge in [-0.15, -0.1) is 0 Å². The molecule has 0 atom stereocenters. The minimum Gasteiger partial charge on any atom is -0.346 e. The van der Waals surface area contributed by atoms with Crippen molar-refractivity contribution in [1.29, 1.82) is 0 Å². The van der Waals surface area contributed by atoms with E-state index in [2.05, 4.69) is 5.32 Å². The van der Waals surface area contributed by atoms with Gasteiger partial charge in [0.05, 0.1) is 5.56 Å². The van der Waals surface area contributed by atoms with Crippen LogP contribution in [0.3, 0.4) is 0 Å². The standard InChI is InChI=1S/C16H13F4NS/c1-9-6-7-13(14(17)10(9)2)15(22)21-12-5-3-4-11(8-12)16(18,19)20/h3-8H,1-2H3,(H,21,22). The van der Waals surface area contributed by atoms with Crippen LogP contribution in [0.2, 0.25) is 0 Å². The van der Waals surface area contributed by atoms with E-state index in [-0.39, 0.29) is 16.2 Å². The van der Waals surface area contributed by atoms with Crippen molar-refractivity contribution in [3.05, 3.63) is 64.5 Å². The minimum absolute atomic E-state index is 0.0416. The van der Waals surface area contributed by atoms with Crippen LogP contribution in [-0.4, -0.2) is 4.99 Å². The number of rotatable bonds is 2. The summed E-state index contributed by atoms with van der Waals surface area (Å²) in [5.74, 6) is -0.468. The van der Waals surface area contributed by atoms with Crippen molar-refractivity contribution in [1.82, 2.24) is 0 Å². The van der Waals surface area contributed by atoms with Crippen LogP contribution in [0.25, 0.3) is 0 Å². The molecule has 0 aliphatic heterocycles. The third kappa shape index (κ3) is 3.44. The first-order valence-corrected chi connectivity index (χ1v) is 6.85. The molecule has 0 fully saturated rings. The minimum atomic E-state index is -4.44. The normalized spacial score (nSPS) is 11.4. The second-order valence-corrected chi connectivity index (χ2v) is 5.31. The molecule has 0 heterocycles. The van der Waals surface area contributed by atoms with Gasteiger partial charge in [-0.3, -0.25) is 0 Å². The number of thiocarbonyl (C=S) groups is 1. The predicted molar refractivity (Wildman–Crippen MR) is 82.6 cm³/mol. The summed E-state index contributed by atoms with van der Waals surface area (Å²) in [6.07, 6.45) is -4.44. The molecule has 2 aromatic carbocycles. The van der Waals surface area contributed by atoms with Crippen LogP contribution in [0.1, 0.15) is 22.3 Å². The van der Waals surface area contributed by atoms with Gasteiger partial charge in [0.15, 0.2) is 0 Å². The van der Waals surface area contributed by atoms with E-state index in [9.17, 15) is 17.6 Å². The van der Waals surface area contributed by atoms with Crippen molar-refractivity contribution in [2.45, 2.75) is 20.0 Å². The van der Waals surface area contributed by atoms with E-state index in [1.807, 2.05) is 0 Å². The smallest absolute Gasteiger partial charge is 0.346 e. The van der Waals surface area contributed by atoms with Gasteiger partial charge in [0.1, 0.15) is 10.8 Å². The fraction of sp³-hybridized carbons (Fsp3) is 0.188. The van der Waals surface area contributed by atoms with Crippen molar-refractivity contribution < 1.29 is 17.6 Å². The Balaban J connectivity index is 2.28. The Labute approximate surface area is 131 Å². The molecular weight excluding hydrogens is 314 g/mol. The topological polar surface area (TPSA) is 12.0 Å². The second kappa shape index (κ2) is 6.04. The van der Waals surface area contributed by atoms with Crippen LogP contribution < -0.4 is 5.32 Å². The summed E-state index contributed by atoms with van der Waals surface area (Å²) >= 11 is 5.10. The van der Waals surface area contributed by atoms with Crippen molar-refractivity contribution in [3.8, 4) is 0 Å². The molecule has 0 aliphatic rings. The molecule has 2 aromatic rings. The van der Waals surface area contributed by atoms with E-state index < -0.39 is 17.6 Å². The molecular formula is C16H13F4NS. The van der Waals surface area contributed by atoms with Crippen LogP contribution >= 0.6 is 12.2 Å². The lowest BCUT2D eigenvalue weighted by Gasteiger charge is -2.13. The molecule has 6 heteroatoms. The van der Waals surface area contributed by atoms with Gasteiger partial charge in [-0.2, -0.15) is 13.2 Å². The van der Waals surface area contributed by atoms with Gasteiger partial charge in [-0.1, -0.05) is 24.4 Å². The first-order chi connectivity index (χ1) is 10.2. The molecule has 0 saturated heterocycles. The van der Waals surface area contributed by atoms with E-state index in [1.54, 1.807) is 19.9 Å². The molecule has 1 nitrogen and oxygen atoms in total. The Morgan fingerprint density at radius 2 is 1.77 bits per heavy atom. The third-order valence-electron chi connectivity index (χ3n) is 3.35. The monoisotopic (exact) mass is 327 g/mol. The number of halogens is 4. The maximum atomic E-state index is 14.2. The zero-order chi connectivity index (χ0) is 16.5. The van der Waals surface area contributed by atoms with E-state index in [0.29, 0.717) is 5.56 Å². The zero-order valence-electron chi connectivity index (χ0n) is 11.9. The fourth-order valence-electron chi connectivity index (χ4n) is 1.93. The van der Waals surface area contributed by atoms with Gasteiger partial charge >= 0.3 is 6.18 Å². The van der Waals surface area contributed by atoms with Gasteiger partial charge in [0, 0.05) is 11.3 Å². The summed E-state index contributed by atoms with van der Waals surface area (Å²) in [5.41, 5.74) is 0.780. The van der Waals surface area contributed by atoms with Crippen LogP contribution in [0.15, 0.2) is 36.4 Å². The van der Waals surface area contributed by atoms with Crippen molar-refractivity contribution >= 4 is 22.9 Å². The van der Waals surface area contributed by atoms with Gasteiger partial charge in [-0.05, 0) is 49.2 Å². The average Bonchev–Trinajstić information content (AvgIpc) is 2.44. The Hall–Kier alpha value is -1.95. The Kier molecular flexibility index (Phi) is 4.51. The molecule has 0 aliphatic carbocycles. The van der Waals surface area contributed by atoms with Crippen molar-refractivity contribution in [2.24, 2.45) is 0 Å². The summed E-state index contributed by atoms with van der Waals surface area (Å²) in [6, 6.07) is 7.84. The lowest BCUT2D eigenvalue weighted by molar-refractivity contribution is -0.137. The van der Waals surface area contributed by atoms with Gasteiger partial charge in [-0.25, -0.2) is 4.39 Å². The summed E-state index contributed by atoms with van der Waals surface area (Å²) in [7, 11) is 0. The van der Waals surface area contributed by atoms with Gasteiger partial charge in [0.2, 0.25) is 0 Å². The lowest BCUT2D eigenvalue weighted by atomic mass is 10.0. The first-order valence-electron chi connectivity index (χ1n) is 6.44. The fourth-order valence-corrected chi connectivity index (χ4v) is 2.20. The number of anilines is 1. The molecule has 0 bridgehead atoms. The molecule has 0 amide bonds. The highest BCUT2D eigenvalue weighted by Gasteiger charge is 2.30. The molecule has 116 valence electrons. The van der Waals surface area contributed by atoms with E-state index in [4.69, 9.17) is 12.2 Å². The molecule has 0 saturated carbocycles. The first kappa shape index (κ1) is 16.4. The highest BCUT2D eigenvalue weighted by molar-refractivity contribution is 7.81.